The molecule has 0 atom stereocenters. The van der Waals surface area contributed by atoms with Gasteiger partial charge in [0.05, 0.1) is 14.4 Å². The van der Waals surface area contributed by atoms with E-state index in [1.54, 1.807) is 11.3 Å². The molecule has 4 aromatic rings. The Kier molecular flexibility index (Phi) is 3.78. The third-order valence-corrected chi connectivity index (χ3v) is 5.36. The van der Waals surface area contributed by atoms with E-state index in [2.05, 4.69) is 65.7 Å². The van der Waals surface area contributed by atoms with E-state index in [4.69, 9.17) is 0 Å². The van der Waals surface area contributed by atoms with Crippen LogP contribution < -0.4 is 5.43 Å². The zero-order valence-corrected chi connectivity index (χ0v) is 15.4. The zero-order chi connectivity index (χ0) is 16.7. The van der Waals surface area contributed by atoms with E-state index in [-0.39, 0.29) is 0 Å². The fourth-order valence-corrected chi connectivity index (χ4v) is 3.76. The number of thiophene rings is 1. The Morgan fingerprint density at radius 2 is 2.12 bits per heavy atom. The van der Waals surface area contributed by atoms with Crippen LogP contribution in [0.25, 0.3) is 22.1 Å². The molecule has 6 nitrogen and oxygen atoms in total. The maximum atomic E-state index is 4.46. The van der Waals surface area contributed by atoms with Crippen LogP contribution in [0.2, 0.25) is 0 Å². The summed E-state index contributed by atoms with van der Waals surface area (Å²) in [5.74, 6) is 0.362. The lowest BCUT2D eigenvalue weighted by atomic mass is 10.2. The number of halogens is 1. The Morgan fingerprint density at radius 1 is 1.25 bits per heavy atom. The summed E-state index contributed by atoms with van der Waals surface area (Å²) in [6, 6.07) is 10.2. The number of aryl methyl sites for hydroxylation is 1. The molecular weight excluding hydrogens is 388 g/mol. The third kappa shape index (κ3) is 2.78. The summed E-state index contributed by atoms with van der Waals surface area (Å²) in [5, 5.41) is 13.8. The number of benzene rings is 1. The molecule has 0 aliphatic heterocycles. The number of anilines is 1. The molecule has 24 heavy (non-hydrogen) atoms. The van der Waals surface area contributed by atoms with Gasteiger partial charge >= 0.3 is 0 Å². The second kappa shape index (κ2) is 5.95. The monoisotopic (exact) mass is 400 g/mol. The number of aromatic amines is 1. The van der Waals surface area contributed by atoms with E-state index in [1.807, 2.05) is 25.1 Å². The fourth-order valence-electron chi connectivity index (χ4n) is 2.43. The number of fused-ring (bicyclic) bond motifs is 3. The molecule has 8 heteroatoms. The van der Waals surface area contributed by atoms with Gasteiger partial charge in [0, 0.05) is 10.9 Å². The lowest BCUT2D eigenvalue weighted by Gasteiger charge is -1.99. The summed E-state index contributed by atoms with van der Waals surface area (Å²) in [4.78, 5) is 8.80. The standard InChI is InChI=1S/C16H13BrN6S/c1-8-3-4-11-10(7-8)14-15(18-11)19-16(23-21-14)22-20-9(2)12-5-6-13(17)24-12/h3-7H,1-2H3,(H2,18,19,22,23)/b20-9-. The van der Waals surface area contributed by atoms with Crippen LogP contribution in [0.15, 0.2) is 39.2 Å². The molecule has 2 N–H and O–H groups in total. The number of hydrogen-bond acceptors (Lipinski definition) is 6. The quantitative estimate of drug-likeness (QED) is 0.392. The van der Waals surface area contributed by atoms with Crippen LogP contribution in [0.3, 0.4) is 0 Å². The highest BCUT2D eigenvalue weighted by molar-refractivity contribution is 9.11. The Labute approximate surface area is 150 Å². The molecule has 0 bridgehead atoms. The molecule has 0 radical (unpaired) electrons. The minimum Gasteiger partial charge on any atom is -0.338 e. The van der Waals surface area contributed by atoms with E-state index in [0.717, 1.165) is 30.8 Å². The number of nitrogens with one attached hydrogen (secondary N) is 2. The van der Waals surface area contributed by atoms with Crippen LogP contribution in [0, 0.1) is 6.92 Å². The zero-order valence-electron chi connectivity index (χ0n) is 13.0. The molecular formula is C16H13BrN6S. The third-order valence-electron chi connectivity index (χ3n) is 3.62. The maximum Gasteiger partial charge on any atom is 0.265 e. The molecule has 0 aliphatic carbocycles. The van der Waals surface area contributed by atoms with Gasteiger partial charge in [0.25, 0.3) is 5.95 Å². The minimum atomic E-state index is 0.362. The summed E-state index contributed by atoms with van der Waals surface area (Å²) in [6.07, 6.45) is 0. The van der Waals surface area contributed by atoms with Crippen molar-refractivity contribution < 1.29 is 0 Å². The number of H-pyrrole nitrogens is 1. The lowest BCUT2D eigenvalue weighted by molar-refractivity contribution is 1.01. The normalized spacial score (nSPS) is 12.2. The number of hydrazone groups is 1. The summed E-state index contributed by atoms with van der Waals surface area (Å²) in [5.41, 5.74) is 7.37. The van der Waals surface area contributed by atoms with E-state index in [0.29, 0.717) is 11.6 Å². The van der Waals surface area contributed by atoms with Crippen molar-refractivity contribution in [2.45, 2.75) is 13.8 Å². The first-order valence-corrected chi connectivity index (χ1v) is 8.90. The number of aromatic nitrogens is 4. The summed E-state index contributed by atoms with van der Waals surface area (Å²) >= 11 is 5.07. The summed E-state index contributed by atoms with van der Waals surface area (Å²) in [6.45, 7) is 3.98. The maximum absolute atomic E-state index is 4.46. The van der Waals surface area contributed by atoms with Gasteiger partial charge < -0.3 is 4.98 Å². The molecule has 0 spiro atoms. The van der Waals surface area contributed by atoms with Crippen LogP contribution in [0.4, 0.5) is 5.95 Å². The molecule has 0 amide bonds. The number of hydrogen-bond donors (Lipinski definition) is 2. The highest BCUT2D eigenvalue weighted by Crippen LogP contribution is 2.24. The van der Waals surface area contributed by atoms with Crippen molar-refractivity contribution in [1.82, 2.24) is 20.2 Å². The van der Waals surface area contributed by atoms with Gasteiger partial charge in [0.15, 0.2) is 5.65 Å². The van der Waals surface area contributed by atoms with Crippen molar-refractivity contribution >= 4 is 61.0 Å². The van der Waals surface area contributed by atoms with Crippen molar-refractivity contribution in [3.8, 4) is 0 Å². The van der Waals surface area contributed by atoms with E-state index < -0.39 is 0 Å². The van der Waals surface area contributed by atoms with E-state index in [9.17, 15) is 0 Å². The molecule has 0 fully saturated rings. The predicted molar refractivity (Wildman–Crippen MR) is 102 cm³/mol. The lowest BCUT2D eigenvalue weighted by Crippen LogP contribution is -2.02. The highest BCUT2D eigenvalue weighted by atomic mass is 79.9. The molecule has 0 saturated heterocycles. The van der Waals surface area contributed by atoms with Crippen molar-refractivity contribution in [3.63, 3.8) is 0 Å². The van der Waals surface area contributed by atoms with Crippen LogP contribution in [-0.4, -0.2) is 25.9 Å². The second-order valence-electron chi connectivity index (χ2n) is 5.42. The molecule has 120 valence electrons. The molecule has 0 saturated carbocycles. The van der Waals surface area contributed by atoms with Gasteiger partial charge in [-0.25, -0.2) is 5.43 Å². The highest BCUT2D eigenvalue weighted by Gasteiger charge is 2.09. The Bertz CT molecular complexity index is 1080. The Morgan fingerprint density at radius 3 is 2.92 bits per heavy atom. The average molecular weight is 401 g/mol. The molecule has 3 aromatic heterocycles. The van der Waals surface area contributed by atoms with Crippen molar-refractivity contribution in [2.75, 3.05) is 5.43 Å². The van der Waals surface area contributed by atoms with Gasteiger partial charge in [-0.05, 0) is 54.0 Å². The van der Waals surface area contributed by atoms with Gasteiger partial charge in [-0.15, -0.1) is 21.5 Å². The molecule has 1 aromatic carbocycles. The fraction of sp³-hybridized carbons (Fsp3) is 0.125. The smallest absolute Gasteiger partial charge is 0.265 e. The van der Waals surface area contributed by atoms with Gasteiger partial charge in [-0.2, -0.15) is 10.1 Å². The molecule has 4 rings (SSSR count). The minimum absolute atomic E-state index is 0.362. The van der Waals surface area contributed by atoms with Gasteiger partial charge in [-0.3, -0.25) is 0 Å². The van der Waals surface area contributed by atoms with Crippen molar-refractivity contribution in [3.05, 3.63) is 44.6 Å². The Balaban J connectivity index is 1.66. The van der Waals surface area contributed by atoms with Crippen LogP contribution in [0.1, 0.15) is 17.4 Å². The van der Waals surface area contributed by atoms with Crippen LogP contribution >= 0.6 is 27.3 Å². The largest absolute Gasteiger partial charge is 0.338 e. The molecule has 3 heterocycles. The average Bonchev–Trinajstić information content (AvgIpc) is 3.15. The first-order valence-electron chi connectivity index (χ1n) is 7.29. The summed E-state index contributed by atoms with van der Waals surface area (Å²) < 4.78 is 1.07. The first kappa shape index (κ1) is 15.2. The van der Waals surface area contributed by atoms with Crippen molar-refractivity contribution in [2.24, 2.45) is 5.10 Å². The second-order valence-corrected chi connectivity index (χ2v) is 7.88. The number of nitrogens with zero attached hydrogens (tertiary/aromatic N) is 4. The summed E-state index contributed by atoms with van der Waals surface area (Å²) in [7, 11) is 0. The topological polar surface area (TPSA) is 78.8 Å². The van der Waals surface area contributed by atoms with Gasteiger partial charge in [0.2, 0.25) is 0 Å². The van der Waals surface area contributed by atoms with Crippen LogP contribution in [-0.2, 0) is 0 Å². The van der Waals surface area contributed by atoms with Gasteiger partial charge in [-0.1, -0.05) is 11.6 Å². The number of rotatable bonds is 3. The van der Waals surface area contributed by atoms with Crippen molar-refractivity contribution in [1.29, 1.82) is 0 Å². The van der Waals surface area contributed by atoms with Gasteiger partial charge in [0.1, 0.15) is 5.52 Å². The van der Waals surface area contributed by atoms with Crippen LogP contribution in [0.5, 0.6) is 0 Å². The van der Waals surface area contributed by atoms with E-state index >= 15 is 0 Å². The molecule has 0 aliphatic rings. The molecule has 0 unspecified atom stereocenters. The Hall–Kier alpha value is -2.32. The van der Waals surface area contributed by atoms with E-state index in [1.165, 1.54) is 5.56 Å². The first-order chi connectivity index (χ1) is 11.6. The predicted octanol–water partition coefficient (Wildman–Crippen LogP) is 4.47. The SMILES string of the molecule is C/C(=N/Nc1nnc2c(n1)[nH]c1ccc(C)cc12)c1ccc(Br)s1.